The van der Waals surface area contributed by atoms with Gasteiger partial charge in [0.15, 0.2) is 5.69 Å². The van der Waals surface area contributed by atoms with Crippen LogP contribution in [-0.2, 0) is 21.8 Å². The molecule has 0 N–H and O–H groups in total. The van der Waals surface area contributed by atoms with Gasteiger partial charge in [-0.2, -0.15) is 23.4 Å². The number of fused-ring (bicyclic) bond motifs is 1. The molecular formula is C21H25BrF2N6O4SSi. The maximum atomic E-state index is 13.8. The molecular weight excluding hydrogens is 578 g/mol. The third-order valence-corrected chi connectivity index (χ3v) is 10.1. The Balaban J connectivity index is 1.75. The average molecular weight is 604 g/mol. The summed E-state index contributed by atoms with van der Waals surface area (Å²) in [6, 6.07) is 5.77. The smallest absolute Gasteiger partial charge is 0.314 e. The van der Waals surface area contributed by atoms with Crippen molar-refractivity contribution >= 4 is 44.9 Å². The molecule has 0 saturated heterocycles. The minimum Gasteiger partial charge on any atom is -0.413 e. The molecule has 1 aromatic carbocycles. The Morgan fingerprint density at radius 3 is 2.58 bits per heavy atom. The highest BCUT2D eigenvalue weighted by atomic mass is 79.9. The Labute approximate surface area is 216 Å². The van der Waals surface area contributed by atoms with Crippen molar-refractivity contribution in [2.75, 3.05) is 13.3 Å². The molecule has 36 heavy (non-hydrogen) atoms. The molecule has 2 heterocycles. The van der Waals surface area contributed by atoms with Crippen LogP contribution in [0, 0.1) is 11.3 Å². The minimum absolute atomic E-state index is 0.0593. The molecule has 0 bridgehead atoms. The fraction of sp³-hybridized carbons (Fsp3) is 0.524. The van der Waals surface area contributed by atoms with Gasteiger partial charge in [-0.05, 0) is 46.9 Å². The lowest BCUT2D eigenvalue weighted by atomic mass is 10.2. The molecule has 1 aliphatic rings. The Morgan fingerprint density at radius 1 is 1.33 bits per heavy atom. The second kappa shape index (κ2) is 9.56. The van der Waals surface area contributed by atoms with Crippen LogP contribution >= 0.6 is 15.9 Å². The van der Waals surface area contributed by atoms with Crippen LogP contribution in [0.4, 0.5) is 8.78 Å². The Bertz CT molecular complexity index is 1440. The zero-order valence-corrected chi connectivity index (χ0v) is 23.5. The van der Waals surface area contributed by atoms with Gasteiger partial charge in [0, 0.05) is 31.6 Å². The predicted octanol–water partition coefficient (Wildman–Crippen LogP) is 4.68. The van der Waals surface area contributed by atoms with Crippen LogP contribution in [0.3, 0.4) is 0 Å². The molecule has 0 spiro atoms. The summed E-state index contributed by atoms with van der Waals surface area (Å²) in [5.41, 5.74) is -0.611. The molecule has 2 aromatic heterocycles. The van der Waals surface area contributed by atoms with Gasteiger partial charge >= 0.3 is 6.43 Å². The third-order valence-electron chi connectivity index (χ3n) is 5.90. The molecule has 0 radical (unpaired) electrons. The number of sulfonamides is 1. The van der Waals surface area contributed by atoms with E-state index in [-0.39, 0.29) is 23.2 Å². The monoisotopic (exact) mass is 602 g/mol. The van der Waals surface area contributed by atoms with Crippen molar-refractivity contribution in [3.63, 3.8) is 0 Å². The van der Waals surface area contributed by atoms with E-state index in [1.165, 1.54) is 16.8 Å². The summed E-state index contributed by atoms with van der Waals surface area (Å²) in [7, 11) is -3.98. The van der Waals surface area contributed by atoms with Gasteiger partial charge in [0.2, 0.25) is 10.0 Å². The first-order chi connectivity index (χ1) is 16.8. The summed E-state index contributed by atoms with van der Waals surface area (Å²) in [4.78, 5) is -0.111. The first-order valence-corrected chi connectivity index (χ1v) is 17.0. The van der Waals surface area contributed by atoms with Gasteiger partial charge in [0.25, 0.3) is 11.8 Å². The number of benzene rings is 1. The molecule has 0 aliphatic heterocycles. The Morgan fingerprint density at radius 2 is 2.03 bits per heavy atom. The van der Waals surface area contributed by atoms with E-state index in [0.717, 1.165) is 10.3 Å². The van der Waals surface area contributed by atoms with Gasteiger partial charge in [-0.1, -0.05) is 19.6 Å². The van der Waals surface area contributed by atoms with Crippen molar-refractivity contribution in [2.45, 2.75) is 55.4 Å². The molecule has 10 nitrogen and oxygen atoms in total. The molecule has 0 atom stereocenters. The van der Waals surface area contributed by atoms with Crippen molar-refractivity contribution in [3.8, 4) is 17.7 Å². The molecule has 1 fully saturated rings. The number of aryl methyl sites for hydroxylation is 1. The number of hydrogen-bond acceptors (Lipinski definition) is 8. The van der Waals surface area contributed by atoms with E-state index in [0.29, 0.717) is 34.8 Å². The molecule has 15 heteroatoms. The summed E-state index contributed by atoms with van der Waals surface area (Å²) in [5, 5.41) is 21.4. The fourth-order valence-electron chi connectivity index (χ4n) is 3.67. The Hall–Kier alpha value is -2.25. The highest BCUT2D eigenvalue weighted by Crippen LogP contribution is 2.45. The van der Waals surface area contributed by atoms with Crippen molar-refractivity contribution < 1.29 is 26.4 Å². The Kier molecular flexibility index (Phi) is 7.12. The van der Waals surface area contributed by atoms with E-state index in [4.69, 9.17) is 9.15 Å². The lowest BCUT2D eigenvalue weighted by Crippen LogP contribution is -2.43. The van der Waals surface area contributed by atoms with Crippen molar-refractivity contribution in [1.82, 2.24) is 24.3 Å². The van der Waals surface area contributed by atoms with Gasteiger partial charge in [-0.15, -0.1) is 10.2 Å². The number of hydrogen-bond donors (Lipinski definition) is 0. The largest absolute Gasteiger partial charge is 0.413 e. The highest BCUT2D eigenvalue weighted by Gasteiger charge is 2.54. The molecule has 4 rings (SSSR count). The summed E-state index contributed by atoms with van der Waals surface area (Å²) >= 11 is 3.40. The van der Waals surface area contributed by atoms with Gasteiger partial charge in [-0.25, -0.2) is 8.42 Å². The summed E-state index contributed by atoms with van der Waals surface area (Å²) < 4.78 is 67.4. The van der Waals surface area contributed by atoms with Crippen LogP contribution in [0.25, 0.3) is 22.5 Å². The second-order valence-corrected chi connectivity index (χ2v) is 18.2. The third kappa shape index (κ3) is 5.10. The lowest BCUT2D eigenvalue weighted by molar-refractivity contribution is 0.0660. The van der Waals surface area contributed by atoms with Crippen LogP contribution in [0.5, 0.6) is 0 Å². The van der Waals surface area contributed by atoms with Crippen LogP contribution in [-0.4, -0.2) is 59.7 Å². The first kappa shape index (κ1) is 26.8. The number of rotatable bonds is 10. The quantitative estimate of drug-likeness (QED) is 0.186. The topological polar surface area (TPSA) is 127 Å². The number of nitrogens with zero attached hydrogens (tertiary/aromatic N) is 6. The first-order valence-electron chi connectivity index (χ1n) is 11.1. The number of nitriles is 1. The zero-order chi connectivity index (χ0) is 26.5. The van der Waals surface area contributed by atoms with Crippen molar-refractivity contribution in [2.24, 2.45) is 7.05 Å². The standard InChI is InChI=1S/C21H25BrF2N6O4SSi/c1-29-17-14(16(28-29)19-26-27-20(34-19)18(23)24)9-13(10-15(17)22)35(31,32)30(21(11-25)5-6-21)12-33-7-8-36(2,3)4/h9-10,18H,5-8,12H2,1-4H3. The van der Waals surface area contributed by atoms with Gasteiger partial charge in [-0.3, -0.25) is 4.68 Å². The fourth-order valence-corrected chi connectivity index (χ4v) is 6.98. The number of aromatic nitrogens is 4. The van der Waals surface area contributed by atoms with E-state index in [1.54, 1.807) is 7.05 Å². The molecule has 194 valence electrons. The number of ether oxygens (including phenoxy) is 1. The van der Waals surface area contributed by atoms with Crippen LogP contribution in [0.1, 0.15) is 25.2 Å². The second-order valence-electron chi connectivity index (χ2n) is 9.86. The average Bonchev–Trinajstić information content (AvgIpc) is 3.26. The maximum Gasteiger partial charge on any atom is 0.314 e. The summed E-state index contributed by atoms with van der Waals surface area (Å²) in [6.07, 6.45) is -2.15. The number of halogens is 3. The van der Waals surface area contributed by atoms with Gasteiger partial charge in [0.05, 0.1) is 16.5 Å². The van der Waals surface area contributed by atoms with E-state index in [2.05, 4.69) is 56.9 Å². The molecule has 1 saturated carbocycles. The van der Waals surface area contributed by atoms with Crippen LogP contribution < -0.4 is 0 Å². The van der Waals surface area contributed by atoms with E-state index < -0.39 is 36.0 Å². The normalized spacial score (nSPS) is 15.7. The molecule has 3 aromatic rings. The SMILES string of the molecule is Cn1nc(-c2nnc(C(F)F)o2)c2cc(S(=O)(=O)N(COCC[Si](C)(C)C)C3(C#N)CC3)cc(Br)c21. The van der Waals surface area contributed by atoms with E-state index >= 15 is 0 Å². The highest BCUT2D eigenvalue weighted by molar-refractivity contribution is 9.10. The molecule has 1 aliphatic carbocycles. The molecule has 0 unspecified atom stereocenters. The molecule has 0 amide bonds. The van der Waals surface area contributed by atoms with E-state index in [1.807, 2.05) is 0 Å². The zero-order valence-electron chi connectivity index (χ0n) is 20.1. The van der Waals surface area contributed by atoms with Crippen LogP contribution in [0.2, 0.25) is 25.7 Å². The van der Waals surface area contributed by atoms with Gasteiger partial charge in [0.1, 0.15) is 12.3 Å². The van der Waals surface area contributed by atoms with Crippen molar-refractivity contribution in [3.05, 3.63) is 22.5 Å². The van der Waals surface area contributed by atoms with Gasteiger partial charge < -0.3 is 9.15 Å². The maximum absolute atomic E-state index is 13.8. The minimum atomic E-state index is -4.19. The van der Waals surface area contributed by atoms with Crippen LogP contribution in [0.15, 0.2) is 25.9 Å². The van der Waals surface area contributed by atoms with E-state index in [9.17, 15) is 22.5 Å². The number of alkyl halides is 2. The summed E-state index contributed by atoms with van der Waals surface area (Å²) in [6.45, 7) is 6.71. The van der Waals surface area contributed by atoms with Crippen molar-refractivity contribution in [1.29, 1.82) is 5.26 Å². The summed E-state index contributed by atoms with van der Waals surface area (Å²) in [5.74, 6) is -1.13. The predicted molar refractivity (Wildman–Crippen MR) is 132 cm³/mol. The lowest BCUT2D eigenvalue weighted by Gasteiger charge is -2.27.